The van der Waals surface area contributed by atoms with Gasteiger partial charge in [0, 0.05) is 40.8 Å². The highest BCUT2D eigenvalue weighted by molar-refractivity contribution is 6.16. The fourth-order valence-electron chi connectivity index (χ4n) is 4.87. The number of ether oxygens (including phenoxy) is 2. The van der Waals surface area contributed by atoms with Gasteiger partial charge in [-0.05, 0) is 54.8 Å². The lowest BCUT2D eigenvalue weighted by atomic mass is 9.74. The molecule has 2 aliphatic rings. The van der Waals surface area contributed by atoms with Gasteiger partial charge in [0.05, 0.1) is 12.8 Å². The molecule has 4 nitrogen and oxygen atoms in total. The van der Waals surface area contributed by atoms with Gasteiger partial charge in [-0.2, -0.15) is 0 Å². The summed E-state index contributed by atoms with van der Waals surface area (Å²) in [6.07, 6.45) is 0.828. The maximum atomic E-state index is 6.35. The number of hydrogen-bond donors (Lipinski definition) is 1. The van der Waals surface area contributed by atoms with Gasteiger partial charge in [-0.15, -0.1) is 0 Å². The van der Waals surface area contributed by atoms with Crippen LogP contribution in [0.15, 0.2) is 59.6 Å². The van der Waals surface area contributed by atoms with Crippen LogP contribution in [0.2, 0.25) is 0 Å². The van der Waals surface area contributed by atoms with Crippen molar-refractivity contribution in [2.45, 2.75) is 45.1 Å². The number of hydrogen-bond acceptors (Lipinski definition) is 4. The Kier molecular flexibility index (Phi) is 4.59. The van der Waals surface area contributed by atoms with E-state index < -0.39 is 0 Å². The van der Waals surface area contributed by atoms with E-state index in [0.29, 0.717) is 0 Å². The second kappa shape index (κ2) is 7.13. The first kappa shape index (κ1) is 20.6. The Hall–Kier alpha value is -3.27. The highest BCUT2D eigenvalue weighted by atomic mass is 16.5. The van der Waals surface area contributed by atoms with E-state index in [9.17, 15) is 0 Å². The Bertz CT molecular complexity index is 1240. The second-order valence-electron chi connectivity index (χ2n) is 10.1. The Morgan fingerprint density at radius 2 is 1.66 bits per heavy atom. The van der Waals surface area contributed by atoms with Gasteiger partial charge in [-0.1, -0.05) is 44.2 Å². The van der Waals surface area contributed by atoms with Crippen LogP contribution in [-0.2, 0) is 11.8 Å². The number of methoxy groups -OCH3 is 1. The number of fused-ring (bicyclic) bond motifs is 3. The summed E-state index contributed by atoms with van der Waals surface area (Å²) >= 11 is 0. The van der Waals surface area contributed by atoms with Crippen LogP contribution >= 0.6 is 0 Å². The monoisotopic (exact) mass is 426 g/mol. The summed E-state index contributed by atoms with van der Waals surface area (Å²) in [6.45, 7) is 9.50. The third-order valence-corrected chi connectivity index (χ3v) is 6.52. The molecule has 0 saturated heterocycles. The summed E-state index contributed by atoms with van der Waals surface area (Å²) in [5.74, 6) is 1.67. The summed E-state index contributed by atoms with van der Waals surface area (Å²) in [7, 11) is 1.72. The predicted octanol–water partition coefficient (Wildman–Crippen LogP) is 5.79. The molecule has 0 radical (unpaired) electrons. The van der Waals surface area contributed by atoms with Gasteiger partial charge in [0.15, 0.2) is 11.5 Å². The Morgan fingerprint density at radius 3 is 2.38 bits per heavy atom. The molecule has 0 bridgehead atoms. The smallest absolute Gasteiger partial charge is 0.166 e. The molecule has 4 heteroatoms. The van der Waals surface area contributed by atoms with Gasteiger partial charge in [-0.3, -0.25) is 4.99 Å². The van der Waals surface area contributed by atoms with Gasteiger partial charge < -0.3 is 15.2 Å². The molecule has 0 unspecified atom stereocenters. The van der Waals surface area contributed by atoms with Crippen LogP contribution in [0.4, 0.5) is 5.69 Å². The average molecular weight is 427 g/mol. The molecule has 5 rings (SSSR count). The minimum Gasteiger partial charge on any atom is -0.493 e. The molecule has 3 aromatic carbocycles. The van der Waals surface area contributed by atoms with Crippen LogP contribution in [0.1, 0.15) is 49.9 Å². The van der Waals surface area contributed by atoms with E-state index in [2.05, 4.69) is 70.2 Å². The molecule has 2 N–H and O–H groups in total. The first-order valence-corrected chi connectivity index (χ1v) is 11.1. The van der Waals surface area contributed by atoms with Crippen molar-refractivity contribution in [3.05, 3.63) is 76.9 Å². The van der Waals surface area contributed by atoms with Crippen molar-refractivity contribution in [1.82, 2.24) is 0 Å². The predicted molar refractivity (Wildman–Crippen MR) is 131 cm³/mol. The summed E-state index contributed by atoms with van der Waals surface area (Å²) < 4.78 is 12.1. The lowest BCUT2D eigenvalue weighted by molar-refractivity contribution is 0.134. The van der Waals surface area contributed by atoms with Crippen molar-refractivity contribution in [3.8, 4) is 22.6 Å². The molecule has 32 heavy (non-hydrogen) atoms. The number of anilines is 1. The summed E-state index contributed by atoms with van der Waals surface area (Å²) in [4.78, 5) is 5.12. The van der Waals surface area contributed by atoms with E-state index in [1.807, 2.05) is 12.1 Å². The van der Waals surface area contributed by atoms with Crippen molar-refractivity contribution in [2.75, 3.05) is 19.4 Å². The van der Waals surface area contributed by atoms with Gasteiger partial charge in [-0.25, -0.2) is 0 Å². The Balaban J connectivity index is 1.69. The van der Waals surface area contributed by atoms with E-state index in [-0.39, 0.29) is 11.0 Å². The fourth-order valence-corrected chi connectivity index (χ4v) is 4.87. The molecule has 0 aliphatic carbocycles. The zero-order chi connectivity index (χ0) is 22.7. The lowest BCUT2D eigenvalue weighted by Gasteiger charge is -2.33. The first-order valence-electron chi connectivity index (χ1n) is 11.1. The molecule has 0 atom stereocenters. The highest BCUT2D eigenvalue weighted by Crippen LogP contribution is 2.49. The number of rotatable bonds is 3. The normalized spacial score (nSPS) is 17.7. The molecular formula is C28H30N2O2. The number of nitrogen functional groups attached to an aromatic ring is 1. The number of nitrogens with zero attached hydrogens (tertiary/aromatic N) is 1. The molecule has 0 fully saturated rings. The molecular weight excluding hydrogens is 396 g/mol. The van der Waals surface area contributed by atoms with Crippen molar-refractivity contribution in [2.24, 2.45) is 4.99 Å². The summed E-state index contributed by atoms with van der Waals surface area (Å²) in [6, 6.07) is 18.8. The largest absolute Gasteiger partial charge is 0.493 e. The molecule has 0 aromatic heterocycles. The highest BCUT2D eigenvalue weighted by Gasteiger charge is 2.41. The summed E-state index contributed by atoms with van der Waals surface area (Å²) in [5.41, 5.74) is 14.4. The van der Waals surface area contributed by atoms with Crippen LogP contribution in [0.25, 0.3) is 11.1 Å². The van der Waals surface area contributed by atoms with Crippen molar-refractivity contribution >= 4 is 11.4 Å². The van der Waals surface area contributed by atoms with Crippen LogP contribution < -0.4 is 15.2 Å². The van der Waals surface area contributed by atoms with Crippen LogP contribution in [-0.4, -0.2) is 25.0 Å². The molecule has 0 saturated carbocycles. The molecule has 3 aromatic rings. The first-order chi connectivity index (χ1) is 15.2. The van der Waals surface area contributed by atoms with Crippen LogP contribution in [0, 0.1) is 0 Å². The van der Waals surface area contributed by atoms with Crippen molar-refractivity contribution < 1.29 is 9.47 Å². The minimum atomic E-state index is -0.275. The number of aliphatic imine (C=N–C) groups is 1. The van der Waals surface area contributed by atoms with E-state index in [1.165, 1.54) is 16.7 Å². The van der Waals surface area contributed by atoms with Crippen molar-refractivity contribution in [1.29, 1.82) is 0 Å². The average Bonchev–Trinajstić information content (AvgIpc) is 3.09. The minimum absolute atomic E-state index is 0.0809. The van der Waals surface area contributed by atoms with Crippen LogP contribution in [0.3, 0.4) is 0 Å². The lowest BCUT2D eigenvalue weighted by Crippen LogP contribution is -2.31. The SMILES string of the molecule is COc1cc2c(c3c1OC(C)(C)C3)C(c1cccc(-c3ccc(N)cc3)c1)=NCC2(C)C. The maximum absolute atomic E-state index is 6.35. The Labute approximate surface area is 190 Å². The molecule has 0 spiro atoms. The van der Waals surface area contributed by atoms with Gasteiger partial charge in [0.25, 0.3) is 0 Å². The third-order valence-electron chi connectivity index (χ3n) is 6.52. The number of benzene rings is 3. The second-order valence-corrected chi connectivity index (χ2v) is 10.1. The zero-order valence-electron chi connectivity index (χ0n) is 19.5. The molecule has 164 valence electrons. The van der Waals surface area contributed by atoms with Crippen LogP contribution in [0.5, 0.6) is 11.5 Å². The van der Waals surface area contributed by atoms with E-state index in [0.717, 1.165) is 52.6 Å². The molecule has 2 aliphatic heterocycles. The van der Waals surface area contributed by atoms with E-state index in [4.69, 9.17) is 20.2 Å². The molecule has 2 heterocycles. The van der Waals surface area contributed by atoms with Gasteiger partial charge in [0.2, 0.25) is 0 Å². The number of nitrogens with two attached hydrogens (primary N) is 1. The van der Waals surface area contributed by atoms with E-state index in [1.54, 1.807) is 7.11 Å². The van der Waals surface area contributed by atoms with Gasteiger partial charge in [0.1, 0.15) is 5.60 Å². The Morgan fingerprint density at radius 1 is 0.938 bits per heavy atom. The topological polar surface area (TPSA) is 56.8 Å². The third kappa shape index (κ3) is 3.35. The fraction of sp³-hybridized carbons (Fsp3) is 0.321. The van der Waals surface area contributed by atoms with Crippen molar-refractivity contribution in [3.63, 3.8) is 0 Å². The summed E-state index contributed by atoms with van der Waals surface area (Å²) in [5, 5.41) is 0. The quantitative estimate of drug-likeness (QED) is 0.540. The van der Waals surface area contributed by atoms with E-state index >= 15 is 0 Å². The molecule has 0 amide bonds. The maximum Gasteiger partial charge on any atom is 0.166 e. The zero-order valence-corrected chi connectivity index (χ0v) is 19.5. The standard InChI is InChI=1S/C28H30N2O2/c1-27(2)16-30-25(19-8-6-7-18(13-19)17-9-11-20(29)12-10-17)24-21-15-28(3,4)32-26(21)23(31-5)14-22(24)27/h6-14H,15-16,29H2,1-5H3. The van der Waals surface area contributed by atoms with Gasteiger partial charge >= 0.3 is 0 Å².